The smallest absolute Gasteiger partial charge is 0.341 e. The van der Waals surface area contributed by atoms with Crippen LogP contribution in [0.5, 0.6) is 0 Å². The van der Waals surface area contributed by atoms with Crippen molar-refractivity contribution in [1.82, 2.24) is 5.32 Å². The zero-order chi connectivity index (χ0) is 15.2. The standard InChI is InChI=1S/C17H27NO3/c1-12(14-8-6-4-5-7-9-14)18-11-15-10-16(13(2)21-15)17(19)20-3/h10,12,14,18H,4-9,11H2,1-3H3/t12-/m1/s1. The van der Waals surface area contributed by atoms with Crippen LogP contribution in [0.3, 0.4) is 0 Å². The van der Waals surface area contributed by atoms with Gasteiger partial charge in [0.25, 0.3) is 0 Å². The fourth-order valence-corrected chi connectivity index (χ4v) is 3.18. The Morgan fingerprint density at radius 3 is 2.67 bits per heavy atom. The lowest BCUT2D eigenvalue weighted by molar-refractivity contribution is 0.0599. The summed E-state index contributed by atoms with van der Waals surface area (Å²) in [5, 5.41) is 3.55. The van der Waals surface area contributed by atoms with Crippen molar-refractivity contribution in [2.24, 2.45) is 5.92 Å². The molecular weight excluding hydrogens is 266 g/mol. The number of aryl methyl sites for hydroxylation is 1. The van der Waals surface area contributed by atoms with Gasteiger partial charge in [0.1, 0.15) is 17.1 Å². The summed E-state index contributed by atoms with van der Waals surface area (Å²) in [7, 11) is 1.39. The molecule has 4 heteroatoms. The highest BCUT2D eigenvalue weighted by Gasteiger charge is 2.20. The maximum Gasteiger partial charge on any atom is 0.341 e. The lowest BCUT2D eigenvalue weighted by atomic mass is 9.93. The van der Waals surface area contributed by atoms with Crippen LogP contribution in [0.2, 0.25) is 0 Å². The molecule has 0 amide bonds. The summed E-state index contributed by atoms with van der Waals surface area (Å²) in [4.78, 5) is 11.6. The second kappa shape index (κ2) is 7.64. The minimum atomic E-state index is -0.334. The van der Waals surface area contributed by atoms with E-state index in [1.807, 2.05) is 0 Å². The fourth-order valence-electron chi connectivity index (χ4n) is 3.18. The van der Waals surface area contributed by atoms with E-state index in [0.29, 0.717) is 23.9 Å². The molecule has 2 rings (SSSR count). The molecule has 118 valence electrons. The summed E-state index contributed by atoms with van der Waals surface area (Å²) in [6.07, 6.45) is 8.09. The Morgan fingerprint density at radius 1 is 1.38 bits per heavy atom. The summed E-state index contributed by atoms with van der Waals surface area (Å²) in [6.45, 7) is 4.72. The maximum absolute atomic E-state index is 11.6. The minimum Gasteiger partial charge on any atom is -0.465 e. The molecule has 21 heavy (non-hydrogen) atoms. The van der Waals surface area contributed by atoms with E-state index in [1.165, 1.54) is 45.6 Å². The monoisotopic (exact) mass is 293 g/mol. The van der Waals surface area contributed by atoms with Gasteiger partial charge < -0.3 is 14.5 Å². The van der Waals surface area contributed by atoms with Gasteiger partial charge in [-0.05, 0) is 38.7 Å². The van der Waals surface area contributed by atoms with Crippen LogP contribution >= 0.6 is 0 Å². The van der Waals surface area contributed by atoms with Gasteiger partial charge in [0.15, 0.2) is 0 Å². The van der Waals surface area contributed by atoms with Crippen molar-refractivity contribution >= 4 is 5.97 Å². The number of rotatable bonds is 5. The van der Waals surface area contributed by atoms with E-state index < -0.39 is 0 Å². The van der Waals surface area contributed by atoms with E-state index in [1.54, 1.807) is 13.0 Å². The third-order valence-electron chi connectivity index (χ3n) is 4.58. The van der Waals surface area contributed by atoms with Crippen molar-refractivity contribution in [1.29, 1.82) is 0 Å². The summed E-state index contributed by atoms with van der Waals surface area (Å²) in [5.41, 5.74) is 0.524. The van der Waals surface area contributed by atoms with Crippen molar-refractivity contribution in [3.63, 3.8) is 0 Å². The highest BCUT2D eigenvalue weighted by atomic mass is 16.5. The van der Waals surface area contributed by atoms with Crippen LogP contribution in [0.25, 0.3) is 0 Å². The molecule has 4 nitrogen and oxygen atoms in total. The minimum absolute atomic E-state index is 0.334. The molecule has 1 saturated carbocycles. The first-order valence-corrected chi connectivity index (χ1v) is 8.03. The highest BCUT2D eigenvalue weighted by Crippen LogP contribution is 2.25. The third kappa shape index (κ3) is 4.34. The molecule has 0 radical (unpaired) electrons. The van der Waals surface area contributed by atoms with E-state index >= 15 is 0 Å². The molecule has 1 aromatic heterocycles. The summed E-state index contributed by atoms with van der Waals surface area (Å²) >= 11 is 0. The first-order chi connectivity index (χ1) is 10.1. The Labute approximate surface area is 127 Å². The van der Waals surface area contributed by atoms with Gasteiger partial charge in [-0.3, -0.25) is 0 Å². The zero-order valence-corrected chi connectivity index (χ0v) is 13.4. The second-order valence-electron chi connectivity index (χ2n) is 6.10. The van der Waals surface area contributed by atoms with E-state index in [0.717, 1.165) is 11.7 Å². The Hall–Kier alpha value is -1.29. The first kappa shape index (κ1) is 16.1. The largest absolute Gasteiger partial charge is 0.465 e. The summed E-state index contributed by atoms with van der Waals surface area (Å²) in [5.74, 6) is 1.84. The first-order valence-electron chi connectivity index (χ1n) is 8.03. The van der Waals surface area contributed by atoms with Crippen molar-refractivity contribution in [3.8, 4) is 0 Å². The number of methoxy groups -OCH3 is 1. The van der Waals surface area contributed by atoms with Crippen LogP contribution in [-0.2, 0) is 11.3 Å². The lowest BCUT2D eigenvalue weighted by Gasteiger charge is -2.23. The molecule has 1 atom stereocenters. The van der Waals surface area contributed by atoms with E-state index in [-0.39, 0.29) is 5.97 Å². The van der Waals surface area contributed by atoms with Gasteiger partial charge in [0.05, 0.1) is 13.7 Å². The maximum atomic E-state index is 11.6. The number of hydrogen-bond acceptors (Lipinski definition) is 4. The van der Waals surface area contributed by atoms with Crippen molar-refractivity contribution in [2.45, 2.75) is 65.0 Å². The molecular formula is C17H27NO3. The van der Waals surface area contributed by atoms with Gasteiger partial charge in [-0.25, -0.2) is 4.79 Å². The number of nitrogens with one attached hydrogen (secondary N) is 1. The SMILES string of the molecule is COC(=O)c1cc(CN[C@H](C)C2CCCCCC2)oc1C. The molecule has 0 aromatic carbocycles. The number of carbonyl (C=O) groups is 1. The molecule has 0 bridgehead atoms. The zero-order valence-electron chi connectivity index (χ0n) is 13.4. The van der Waals surface area contributed by atoms with Gasteiger partial charge in [-0.15, -0.1) is 0 Å². The molecule has 1 aliphatic rings. The van der Waals surface area contributed by atoms with Gasteiger partial charge in [-0.1, -0.05) is 25.7 Å². The molecule has 1 N–H and O–H groups in total. The van der Waals surface area contributed by atoms with E-state index in [2.05, 4.69) is 12.2 Å². The molecule has 0 aliphatic heterocycles. The number of hydrogen-bond donors (Lipinski definition) is 1. The number of ether oxygens (including phenoxy) is 1. The quantitative estimate of drug-likeness (QED) is 0.662. The van der Waals surface area contributed by atoms with Crippen LogP contribution in [0.15, 0.2) is 10.5 Å². The average molecular weight is 293 g/mol. The van der Waals surface area contributed by atoms with Crippen LogP contribution in [0, 0.1) is 12.8 Å². The molecule has 0 saturated heterocycles. The predicted molar refractivity (Wildman–Crippen MR) is 82.3 cm³/mol. The van der Waals surface area contributed by atoms with Crippen molar-refractivity contribution in [2.75, 3.05) is 7.11 Å². The summed E-state index contributed by atoms with van der Waals surface area (Å²) < 4.78 is 10.4. The number of carbonyl (C=O) groups excluding carboxylic acids is 1. The predicted octanol–water partition coefficient (Wildman–Crippen LogP) is 3.82. The Balaban J connectivity index is 1.88. The van der Waals surface area contributed by atoms with Gasteiger partial charge >= 0.3 is 5.97 Å². The van der Waals surface area contributed by atoms with E-state index in [9.17, 15) is 4.79 Å². The van der Waals surface area contributed by atoms with Crippen molar-refractivity contribution in [3.05, 3.63) is 23.2 Å². The third-order valence-corrected chi connectivity index (χ3v) is 4.58. The molecule has 1 aromatic rings. The molecule has 0 unspecified atom stereocenters. The normalized spacial score (nSPS) is 18.2. The van der Waals surface area contributed by atoms with Crippen molar-refractivity contribution < 1.29 is 13.9 Å². The van der Waals surface area contributed by atoms with Crippen LogP contribution < -0.4 is 5.32 Å². The average Bonchev–Trinajstić information content (AvgIpc) is 2.69. The van der Waals surface area contributed by atoms with Gasteiger partial charge in [0, 0.05) is 6.04 Å². The van der Waals surface area contributed by atoms with Gasteiger partial charge in [0.2, 0.25) is 0 Å². The lowest BCUT2D eigenvalue weighted by Crippen LogP contribution is -2.32. The van der Waals surface area contributed by atoms with Crippen LogP contribution in [0.4, 0.5) is 0 Å². The van der Waals surface area contributed by atoms with E-state index in [4.69, 9.17) is 9.15 Å². The Morgan fingerprint density at radius 2 is 2.05 bits per heavy atom. The Kier molecular flexibility index (Phi) is 5.85. The molecule has 1 aliphatic carbocycles. The topological polar surface area (TPSA) is 51.5 Å². The number of furan rings is 1. The highest BCUT2D eigenvalue weighted by molar-refractivity contribution is 5.90. The molecule has 1 heterocycles. The molecule has 0 spiro atoms. The van der Waals surface area contributed by atoms with Gasteiger partial charge in [-0.2, -0.15) is 0 Å². The van der Waals surface area contributed by atoms with Crippen LogP contribution in [-0.4, -0.2) is 19.1 Å². The second-order valence-corrected chi connectivity index (χ2v) is 6.10. The fraction of sp³-hybridized carbons (Fsp3) is 0.706. The summed E-state index contributed by atoms with van der Waals surface area (Å²) in [6, 6.07) is 2.27. The number of esters is 1. The Bertz CT molecular complexity index is 459. The van der Waals surface area contributed by atoms with Crippen LogP contribution in [0.1, 0.15) is 67.3 Å². The molecule has 1 fully saturated rings.